The Kier molecular flexibility index (Phi) is 2.84. The molecule has 0 unspecified atom stereocenters. The predicted molar refractivity (Wildman–Crippen MR) is 70.8 cm³/mol. The molecule has 2 aliphatic rings. The number of urea groups is 2. The van der Waals surface area contributed by atoms with Gasteiger partial charge in [-0.2, -0.15) is 0 Å². The fraction of sp³-hybridized carbons (Fsp3) is 0.538. The van der Waals surface area contributed by atoms with E-state index in [9.17, 15) is 9.59 Å². The van der Waals surface area contributed by atoms with Crippen molar-refractivity contribution in [2.75, 3.05) is 14.1 Å². The molecule has 0 aromatic carbocycles. The van der Waals surface area contributed by atoms with Crippen LogP contribution in [0.15, 0.2) is 22.8 Å². The summed E-state index contributed by atoms with van der Waals surface area (Å²) in [7, 11) is 3.40. The van der Waals surface area contributed by atoms with Gasteiger partial charge in [0.05, 0.1) is 12.3 Å². The van der Waals surface area contributed by atoms with Crippen molar-refractivity contribution in [3.05, 3.63) is 24.2 Å². The van der Waals surface area contributed by atoms with Crippen LogP contribution in [0.25, 0.3) is 0 Å². The van der Waals surface area contributed by atoms with Crippen LogP contribution in [0.1, 0.15) is 18.7 Å². The first-order valence-corrected chi connectivity index (χ1v) is 6.60. The number of carbonyl (C=O) groups is 2. The molecule has 0 radical (unpaired) electrons. The maximum Gasteiger partial charge on any atom is 0.319 e. The maximum atomic E-state index is 12.1. The van der Waals surface area contributed by atoms with Gasteiger partial charge in [0.15, 0.2) is 0 Å². The first-order valence-electron chi connectivity index (χ1n) is 6.60. The van der Waals surface area contributed by atoms with Crippen LogP contribution in [-0.4, -0.2) is 48.2 Å². The molecule has 1 aromatic rings. The van der Waals surface area contributed by atoms with E-state index in [1.165, 1.54) is 0 Å². The molecular formula is C13H18N4O3. The highest BCUT2D eigenvalue weighted by Crippen LogP contribution is 2.36. The smallest absolute Gasteiger partial charge is 0.319 e. The topological polar surface area (TPSA) is 77.8 Å². The number of hydrogen-bond acceptors (Lipinski definition) is 3. The number of carbonyl (C=O) groups excluding carboxylic acids is 2. The van der Waals surface area contributed by atoms with E-state index in [-0.39, 0.29) is 36.2 Å². The van der Waals surface area contributed by atoms with E-state index in [0.29, 0.717) is 5.76 Å². The number of furan rings is 1. The van der Waals surface area contributed by atoms with E-state index in [0.717, 1.165) is 0 Å². The van der Waals surface area contributed by atoms with Gasteiger partial charge in [0.1, 0.15) is 11.9 Å². The van der Waals surface area contributed by atoms with Gasteiger partial charge in [-0.1, -0.05) is 0 Å². The lowest BCUT2D eigenvalue weighted by molar-refractivity contribution is -0.00216. The van der Waals surface area contributed by atoms with Gasteiger partial charge < -0.3 is 24.9 Å². The first kappa shape index (κ1) is 12.8. The van der Waals surface area contributed by atoms with Gasteiger partial charge in [-0.3, -0.25) is 0 Å². The SMILES string of the molecule is C[C@@H]1NC(=O)N(C)[C@@H]2[C@@H]1[C@@H](c1ccco1)NC(=O)N2C. The molecule has 2 fully saturated rings. The lowest BCUT2D eigenvalue weighted by Crippen LogP contribution is -2.71. The van der Waals surface area contributed by atoms with Gasteiger partial charge in [-0.25, -0.2) is 9.59 Å². The van der Waals surface area contributed by atoms with Crippen molar-refractivity contribution >= 4 is 12.1 Å². The van der Waals surface area contributed by atoms with E-state index in [2.05, 4.69) is 10.6 Å². The summed E-state index contributed by atoms with van der Waals surface area (Å²) in [6, 6.07) is 2.94. The zero-order valence-corrected chi connectivity index (χ0v) is 11.7. The Morgan fingerprint density at radius 1 is 1.15 bits per heavy atom. The summed E-state index contributed by atoms with van der Waals surface area (Å²) >= 11 is 0. The van der Waals surface area contributed by atoms with E-state index in [1.807, 2.05) is 13.0 Å². The van der Waals surface area contributed by atoms with Crippen LogP contribution < -0.4 is 10.6 Å². The van der Waals surface area contributed by atoms with Crippen molar-refractivity contribution < 1.29 is 14.0 Å². The van der Waals surface area contributed by atoms with Crippen LogP contribution in [0.4, 0.5) is 9.59 Å². The summed E-state index contributed by atoms with van der Waals surface area (Å²) in [6.45, 7) is 1.95. The van der Waals surface area contributed by atoms with Crippen molar-refractivity contribution in [1.82, 2.24) is 20.4 Å². The summed E-state index contributed by atoms with van der Waals surface area (Å²) in [4.78, 5) is 27.2. The highest BCUT2D eigenvalue weighted by atomic mass is 16.3. The van der Waals surface area contributed by atoms with Crippen LogP contribution in [0, 0.1) is 5.92 Å². The largest absolute Gasteiger partial charge is 0.467 e. The van der Waals surface area contributed by atoms with Crippen LogP contribution in [0.2, 0.25) is 0 Å². The molecule has 0 bridgehead atoms. The van der Waals surface area contributed by atoms with Gasteiger partial charge in [0.25, 0.3) is 0 Å². The van der Waals surface area contributed by atoms with Crippen LogP contribution >= 0.6 is 0 Å². The fourth-order valence-corrected chi connectivity index (χ4v) is 3.19. The lowest BCUT2D eigenvalue weighted by atomic mass is 9.83. The second kappa shape index (κ2) is 4.43. The van der Waals surface area contributed by atoms with Crippen molar-refractivity contribution in [2.24, 2.45) is 5.92 Å². The molecule has 2 N–H and O–H groups in total. The standard InChI is InChI=1S/C13H18N4O3/c1-7-9-10(8-5-4-6-20-8)15-13(19)17(3)11(9)16(2)12(18)14-7/h4-7,9-11H,1-3H3,(H,14,18)(H,15,19)/t7-,9-,10+,11-/m0/s1. The number of fused-ring (bicyclic) bond motifs is 1. The zero-order valence-electron chi connectivity index (χ0n) is 11.7. The molecule has 2 saturated heterocycles. The number of nitrogens with zero attached hydrogens (tertiary/aromatic N) is 2. The second-order valence-corrected chi connectivity index (χ2v) is 5.39. The van der Waals surface area contributed by atoms with Crippen LogP contribution in [0.3, 0.4) is 0 Å². The fourth-order valence-electron chi connectivity index (χ4n) is 3.19. The summed E-state index contributed by atoms with van der Waals surface area (Å²) in [5.41, 5.74) is 0. The molecule has 0 aliphatic carbocycles. The Hall–Kier alpha value is -2.18. The van der Waals surface area contributed by atoms with Gasteiger partial charge in [0.2, 0.25) is 0 Å². The van der Waals surface area contributed by atoms with E-state index in [1.54, 1.807) is 36.2 Å². The Morgan fingerprint density at radius 3 is 2.40 bits per heavy atom. The second-order valence-electron chi connectivity index (χ2n) is 5.39. The molecule has 3 heterocycles. The number of hydrogen-bond donors (Lipinski definition) is 2. The molecular weight excluding hydrogens is 260 g/mol. The predicted octanol–water partition coefficient (Wildman–Crippen LogP) is 0.962. The Balaban J connectivity index is 2.02. The molecule has 4 amide bonds. The first-order chi connectivity index (χ1) is 9.50. The third-order valence-electron chi connectivity index (χ3n) is 4.22. The molecule has 1 aromatic heterocycles. The summed E-state index contributed by atoms with van der Waals surface area (Å²) in [5.74, 6) is 0.712. The number of rotatable bonds is 1. The van der Waals surface area contributed by atoms with Gasteiger partial charge >= 0.3 is 12.1 Å². The summed E-state index contributed by atoms with van der Waals surface area (Å²) in [5, 5.41) is 5.87. The summed E-state index contributed by atoms with van der Waals surface area (Å²) < 4.78 is 5.45. The lowest BCUT2D eigenvalue weighted by Gasteiger charge is -2.52. The quantitative estimate of drug-likeness (QED) is 0.803. The van der Waals surface area contributed by atoms with Gasteiger partial charge in [-0.15, -0.1) is 0 Å². The molecule has 3 rings (SSSR count). The molecule has 7 heteroatoms. The molecule has 4 atom stereocenters. The van der Waals surface area contributed by atoms with E-state index < -0.39 is 0 Å². The van der Waals surface area contributed by atoms with Gasteiger partial charge in [-0.05, 0) is 19.1 Å². The van der Waals surface area contributed by atoms with Crippen molar-refractivity contribution in [3.8, 4) is 0 Å². The molecule has 0 saturated carbocycles. The third-order valence-corrected chi connectivity index (χ3v) is 4.22. The van der Waals surface area contributed by atoms with E-state index in [4.69, 9.17) is 4.42 Å². The number of amides is 4. The van der Waals surface area contributed by atoms with Crippen molar-refractivity contribution in [2.45, 2.75) is 25.2 Å². The highest BCUT2D eigenvalue weighted by Gasteiger charge is 2.50. The molecule has 108 valence electrons. The van der Waals surface area contributed by atoms with Crippen LogP contribution in [0.5, 0.6) is 0 Å². The average Bonchev–Trinajstić information content (AvgIpc) is 2.92. The monoisotopic (exact) mass is 278 g/mol. The highest BCUT2D eigenvalue weighted by molar-refractivity contribution is 5.80. The van der Waals surface area contributed by atoms with Gasteiger partial charge in [0, 0.05) is 26.1 Å². The zero-order chi connectivity index (χ0) is 14.4. The molecule has 0 spiro atoms. The van der Waals surface area contributed by atoms with Crippen molar-refractivity contribution in [3.63, 3.8) is 0 Å². The minimum atomic E-state index is -0.289. The minimum Gasteiger partial charge on any atom is -0.467 e. The summed E-state index contributed by atoms with van der Waals surface area (Å²) in [6.07, 6.45) is 1.30. The Labute approximate surface area is 116 Å². The Bertz CT molecular complexity index is 526. The molecule has 7 nitrogen and oxygen atoms in total. The average molecular weight is 278 g/mol. The normalized spacial score (nSPS) is 33.5. The number of nitrogens with one attached hydrogen (secondary N) is 2. The molecule has 2 aliphatic heterocycles. The van der Waals surface area contributed by atoms with Crippen LogP contribution in [-0.2, 0) is 0 Å². The molecule has 20 heavy (non-hydrogen) atoms. The third kappa shape index (κ3) is 1.73. The van der Waals surface area contributed by atoms with E-state index >= 15 is 0 Å². The minimum absolute atomic E-state index is 0.00606. The maximum absolute atomic E-state index is 12.1. The van der Waals surface area contributed by atoms with Crippen molar-refractivity contribution in [1.29, 1.82) is 0 Å². The Morgan fingerprint density at radius 2 is 1.80 bits per heavy atom.